The molecule has 0 unspecified atom stereocenters. The summed E-state index contributed by atoms with van der Waals surface area (Å²) in [6.45, 7) is 0. The third-order valence-corrected chi connectivity index (χ3v) is 2.32. The van der Waals surface area contributed by atoms with Crippen molar-refractivity contribution in [3.05, 3.63) is 20.9 Å². The normalized spacial score (nSPS) is 10.0. The van der Waals surface area contributed by atoms with E-state index in [0.717, 1.165) is 6.07 Å². The zero-order valence-corrected chi connectivity index (χ0v) is 9.25. The molecule has 0 aliphatic heterocycles. The average molecular weight is 310 g/mol. The maximum absolute atomic E-state index is 12.5. The monoisotopic (exact) mass is 310 g/mol. The maximum Gasteiger partial charge on any atom is 0.265 e. The molecule has 14 heavy (non-hydrogen) atoms. The number of alkyl halides is 2. The standard InChI is InChI=1S/C8H5F2IN2O/c1-14-6-2-4(7(9)10)5(3-12)8(11)13-6/h2,7H,1H3. The molecule has 0 spiro atoms. The molecule has 0 aliphatic carbocycles. The lowest BCUT2D eigenvalue weighted by Crippen LogP contribution is -1.99. The zero-order chi connectivity index (χ0) is 10.7. The van der Waals surface area contributed by atoms with Gasteiger partial charge in [0.1, 0.15) is 9.77 Å². The number of aromatic nitrogens is 1. The van der Waals surface area contributed by atoms with Gasteiger partial charge >= 0.3 is 0 Å². The number of nitriles is 1. The fraction of sp³-hybridized carbons (Fsp3) is 0.250. The van der Waals surface area contributed by atoms with E-state index >= 15 is 0 Å². The molecule has 1 aromatic heterocycles. The van der Waals surface area contributed by atoms with Gasteiger partial charge in [0.25, 0.3) is 6.43 Å². The van der Waals surface area contributed by atoms with Crippen LogP contribution in [0.2, 0.25) is 0 Å². The van der Waals surface area contributed by atoms with Crippen LogP contribution < -0.4 is 4.74 Å². The number of nitrogens with zero attached hydrogens (tertiary/aromatic N) is 2. The summed E-state index contributed by atoms with van der Waals surface area (Å²) in [4.78, 5) is 3.81. The van der Waals surface area contributed by atoms with Crippen molar-refractivity contribution in [3.63, 3.8) is 0 Å². The van der Waals surface area contributed by atoms with Crippen molar-refractivity contribution < 1.29 is 13.5 Å². The molecule has 0 fully saturated rings. The molecule has 0 saturated carbocycles. The minimum Gasteiger partial charge on any atom is -0.481 e. The highest BCUT2D eigenvalue weighted by atomic mass is 127. The lowest BCUT2D eigenvalue weighted by Gasteiger charge is -2.06. The number of hydrogen-bond acceptors (Lipinski definition) is 3. The molecule has 0 atom stereocenters. The summed E-state index contributed by atoms with van der Waals surface area (Å²) in [7, 11) is 1.33. The van der Waals surface area contributed by atoms with Crippen molar-refractivity contribution in [1.82, 2.24) is 4.98 Å². The Morgan fingerprint density at radius 3 is 2.71 bits per heavy atom. The summed E-state index contributed by atoms with van der Waals surface area (Å²) in [5, 5.41) is 8.64. The Kier molecular flexibility index (Phi) is 3.57. The van der Waals surface area contributed by atoms with E-state index in [1.165, 1.54) is 7.11 Å². The molecule has 1 heterocycles. The second kappa shape index (κ2) is 4.50. The molecular formula is C8H5F2IN2O. The van der Waals surface area contributed by atoms with Crippen LogP contribution in [-0.2, 0) is 0 Å². The Hall–Kier alpha value is -0.970. The van der Waals surface area contributed by atoms with Crippen molar-refractivity contribution in [2.24, 2.45) is 0 Å². The van der Waals surface area contributed by atoms with E-state index in [0.29, 0.717) is 0 Å². The van der Waals surface area contributed by atoms with Gasteiger partial charge in [-0.25, -0.2) is 13.8 Å². The predicted molar refractivity (Wildman–Crippen MR) is 53.2 cm³/mol. The first-order valence-electron chi connectivity index (χ1n) is 3.52. The van der Waals surface area contributed by atoms with E-state index in [1.807, 2.05) is 0 Å². The lowest BCUT2D eigenvalue weighted by atomic mass is 10.1. The van der Waals surface area contributed by atoms with Crippen molar-refractivity contribution in [2.45, 2.75) is 6.43 Å². The average Bonchev–Trinajstić information content (AvgIpc) is 2.16. The van der Waals surface area contributed by atoms with E-state index in [-0.39, 0.29) is 20.7 Å². The van der Waals surface area contributed by atoms with Crippen molar-refractivity contribution in [3.8, 4) is 11.9 Å². The summed E-state index contributed by atoms with van der Waals surface area (Å²) in [6.07, 6.45) is -2.70. The molecule has 3 nitrogen and oxygen atoms in total. The van der Waals surface area contributed by atoms with Crippen LogP contribution in [0.15, 0.2) is 6.07 Å². The largest absolute Gasteiger partial charge is 0.481 e. The second-order valence-corrected chi connectivity index (χ2v) is 3.35. The van der Waals surface area contributed by atoms with Gasteiger partial charge in [0.05, 0.1) is 12.7 Å². The van der Waals surface area contributed by atoms with Crippen molar-refractivity contribution in [1.29, 1.82) is 5.26 Å². The molecular weight excluding hydrogens is 305 g/mol. The number of methoxy groups -OCH3 is 1. The summed E-state index contributed by atoms with van der Waals surface area (Å²) in [5.74, 6) is 0.0868. The van der Waals surface area contributed by atoms with Gasteiger partial charge in [-0.2, -0.15) is 5.26 Å². The number of ether oxygens (including phenoxy) is 1. The predicted octanol–water partition coefficient (Wildman–Crippen LogP) is 2.50. The smallest absolute Gasteiger partial charge is 0.265 e. The van der Waals surface area contributed by atoms with Crippen molar-refractivity contribution >= 4 is 22.6 Å². The summed E-state index contributed by atoms with van der Waals surface area (Å²) >= 11 is 1.72. The molecule has 6 heteroatoms. The molecule has 0 radical (unpaired) electrons. The number of hydrogen-bond donors (Lipinski definition) is 0. The molecule has 74 valence electrons. The van der Waals surface area contributed by atoms with Crippen LogP contribution in [0, 0.1) is 15.0 Å². The Balaban J connectivity index is 3.37. The van der Waals surface area contributed by atoms with Crippen LogP contribution in [0.25, 0.3) is 0 Å². The Morgan fingerprint density at radius 1 is 1.64 bits per heavy atom. The number of rotatable bonds is 2. The molecule has 0 N–H and O–H groups in total. The topological polar surface area (TPSA) is 45.9 Å². The van der Waals surface area contributed by atoms with Crippen LogP contribution in [-0.4, -0.2) is 12.1 Å². The van der Waals surface area contributed by atoms with Gasteiger partial charge in [-0.05, 0) is 22.6 Å². The first-order valence-corrected chi connectivity index (χ1v) is 4.60. The molecule has 0 aliphatic rings. The van der Waals surface area contributed by atoms with Gasteiger partial charge in [-0.3, -0.25) is 0 Å². The Bertz CT molecular complexity index is 390. The third kappa shape index (κ3) is 2.09. The van der Waals surface area contributed by atoms with Gasteiger partial charge in [0.2, 0.25) is 5.88 Å². The SMILES string of the molecule is COc1cc(C(F)F)c(C#N)c(I)n1. The number of pyridine rings is 1. The molecule has 0 saturated heterocycles. The fourth-order valence-electron chi connectivity index (χ4n) is 0.897. The number of halogens is 3. The van der Waals surface area contributed by atoms with Crippen LogP contribution in [0.3, 0.4) is 0 Å². The highest BCUT2D eigenvalue weighted by molar-refractivity contribution is 14.1. The van der Waals surface area contributed by atoms with Crippen LogP contribution in [0.5, 0.6) is 5.88 Å². The zero-order valence-electron chi connectivity index (χ0n) is 7.09. The minimum atomic E-state index is -2.70. The van der Waals surface area contributed by atoms with Crippen LogP contribution >= 0.6 is 22.6 Å². The van der Waals surface area contributed by atoms with E-state index in [1.54, 1.807) is 28.7 Å². The first-order chi connectivity index (χ1) is 6.60. The highest BCUT2D eigenvalue weighted by Crippen LogP contribution is 2.28. The molecule has 0 amide bonds. The van der Waals surface area contributed by atoms with Crippen molar-refractivity contribution in [2.75, 3.05) is 7.11 Å². The Morgan fingerprint density at radius 2 is 2.29 bits per heavy atom. The van der Waals surface area contributed by atoms with E-state index in [9.17, 15) is 8.78 Å². The third-order valence-electron chi connectivity index (χ3n) is 1.54. The second-order valence-electron chi connectivity index (χ2n) is 2.33. The summed E-state index contributed by atoms with van der Waals surface area (Å²) in [6, 6.07) is 2.77. The van der Waals surface area contributed by atoms with Gasteiger partial charge < -0.3 is 4.74 Å². The van der Waals surface area contributed by atoms with Gasteiger partial charge in [0.15, 0.2) is 0 Å². The van der Waals surface area contributed by atoms with E-state index in [2.05, 4.69) is 4.98 Å². The fourth-order valence-corrected chi connectivity index (χ4v) is 1.57. The van der Waals surface area contributed by atoms with E-state index in [4.69, 9.17) is 10.00 Å². The lowest BCUT2D eigenvalue weighted by molar-refractivity contribution is 0.150. The molecule has 0 bridgehead atoms. The first kappa shape index (κ1) is 11.1. The molecule has 1 rings (SSSR count). The van der Waals surface area contributed by atoms with E-state index < -0.39 is 6.43 Å². The minimum absolute atomic E-state index is 0.0868. The van der Waals surface area contributed by atoms with Gasteiger partial charge in [-0.15, -0.1) is 0 Å². The summed E-state index contributed by atoms with van der Waals surface area (Å²) < 4.78 is 29.9. The highest BCUT2D eigenvalue weighted by Gasteiger charge is 2.18. The Labute approximate surface area is 92.8 Å². The van der Waals surface area contributed by atoms with Crippen LogP contribution in [0.4, 0.5) is 8.78 Å². The quantitative estimate of drug-likeness (QED) is 0.623. The van der Waals surface area contributed by atoms with Gasteiger partial charge in [-0.1, -0.05) is 0 Å². The van der Waals surface area contributed by atoms with Gasteiger partial charge in [0, 0.05) is 11.6 Å². The molecule has 1 aromatic rings. The van der Waals surface area contributed by atoms with Crippen LogP contribution in [0.1, 0.15) is 17.6 Å². The molecule has 0 aromatic carbocycles. The summed E-state index contributed by atoms with van der Waals surface area (Å²) in [5.41, 5.74) is -0.440. The maximum atomic E-state index is 12.5.